The second kappa shape index (κ2) is 7.33. The molecule has 152 valence electrons. The minimum atomic E-state index is -0.284. The molecule has 7 heteroatoms. The number of para-hydroxylation sites is 1. The normalized spacial score (nSPS) is 17.6. The molecule has 2 aliphatic rings. The van der Waals surface area contributed by atoms with Gasteiger partial charge >= 0.3 is 0 Å². The zero-order chi connectivity index (χ0) is 20.7. The zero-order valence-corrected chi connectivity index (χ0v) is 16.5. The second-order valence-electron chi connectivity index (χ2n) is 7.76. The van der Waals surface area contributed by atoms with Crippen molar-refractivity contribution in [3.05, 3.63) is 77.0 Å². The number of nitrogens with zero attached hydrogens (tertiary/aromatic N) is 3. The third kappa shape index (κ3) is 3.03. The van der Waals surface area contributed by atoms with Gasteiger partial charge in [-0.2, -0.15) is 9.78 Å². The van der Waals surface area contributed by atoms with Crippen LogP contribution in [0, 0.1) is 0 Å². The van der Waals surface area contributed by atoms with Gasteiger partial charge in [0, 0.05) is 29.9 Å². The Kier molecular flexibility index (Phi) is 4.50. The molecule has 30 heavy (non-hydrogen) atoms. The summed E-state index contributed by atoms with van der Waals surface area (Å²) in [5, 5.41) is 7.89. The number of nitrogen functional groups attached to an aromatic ring is 1. The van der Waals surface area contributed by atoms with Gasteiger partial charge in [-0.1, -0.05) is 36.4 Å². The van der Waals surface area contributed by atoms with Crippen LogP contribution in [-0.4, -0.2) is 39.6 Å². The number of nitrogens with two attached hydrogens (primary N) is 1. The van der Waals surface area contributed by atoms with Crippen molar-refractivity contribution in [3.8, 4) is 0 Å². The van der Waals surface area contributed by atoms with Gasteiger partial charge in [0.25, 0.3) is 11.8 Å². The number of fused-ring (bicyclic) bond motifs is 2. The number of amides is 1. The summed E-state index contributed by atoms with van der Waals surface area (Å²) in [5.41, 5.74) is 10.5. The predicted octanol–water partition coefficient (Wildman–Crippen LogP) is 2.90. The van der Waals surface area contributed by atoms with E-state index in [9.17, 15) is 9.59 Å². The highest BCUT2D eigenvalue weighted by atomic mass is 16.2. The summed E-state index contributed by atoms with van der Waals surface area (Å²) in [6.07, 6.45) is 1.29. The fourth-order valence-corrected chi connectivity index (χ4v) is 4.39. The molecular formula is C23H23N5O2. The van der Waals surface area contributed by atoms with Crippen LogP contribution in [0.15, 0.2) is 54.6 Å². The molecule has 7 nitrogen and oxygen atoms in total. The second-order valence-corrected chi connectivity index (χ2v) is 7.76. The highest BCUT2D eigenvalue weighted by Crippen LogP contribution is 2.34. The SMILES string of the molecule is Nc1c2c(nn1C(=O)C1CCNc3ccccc31)CN(C(=O)c1ccccc1)CC2. The van der Waals surface area contributed by atoms with E-state index in [0.29, 0.717) is 43.0 Å². The first-order valence-electron chi connectivity index (χ1n) is 10.2. The summed E-state index contributed by atoms with van der Waals surface area (Å²) in [6, 6.07) is 17.1. The van der Waals surface area contributed by atoms with E-state index >= 15 is 0 Å². The Morgan fingerprint density at radius 2 is 1.83 bits per heavy atom. The lowest BCUT2D eigenvalue weighted by Gasteiger charge is -2.26. The molecule has 5 rings (SSSR count). The summed E-state index contributed by atoms with van der Waals surface area (Å²) < 4.78 is 1.36. The molecule has 1 amide bonds. The molecule has 3 heterocycles. The maximum atomic E-state index is 13.4. The molecule has 0 saturated heterocycles. The van der Waals surface area contributed by atoms with E-state index < -0.39 is 0 Å². The van der Waals surface area contributed by atoms with Gasteiger partial charge < -0.3 is 16.0 Å². The third-order valence-corrected chi connectivity index (χ3v) is 5.98. The minimum absolute atomic E-state index is 0.0343. The number of hydrogen-bond donors (Lipinski definition) is 2. The Morgan fingerprint density at radius 1 is 1.07 bits per heavy atom. The van der Waals surface area contributed by atoms with Crippen molar-refractivity contribution >= 4 is 23.3 Å². The first kappa shape index (κ1) is 18.4. The predicted molar refractivity (Wildman–Crippen MR) is 114 cm³/mol. The monoisotopic (exact) mass is 401 g/mol. The maximum absolute atomic E-state index is 13.4. The molecule has 3 aromatic rings. The van der Waals surface area contributed by atoms with Crippen molar-refractivity contribution in [2.24, 2.45) is 0 Å². The molecule has 0 bridgehead atoms. The molecule has 0 fully saturated rings. The average molecular weight is 401 g/mol. The van der Waals surface area contributed by atoms with Crippen LogP contribution >= 0.6 is 0 Å². The molecule has 1 unspecified atom stereocenters. The third-order valence-electron chi connectivity index (χ3n) is 5.98. The van der Waals surface area contributed by atoms with E-state index in [-0.39, 0.29) is 17.7 Å². The molecule has 0 saturated carbocycles. The van der Waals surface area contributed by atoms with Gasteiger partial charge in [0.1, 0.15) is 5.82 Å². The van der Waals surface area contributed by atoms with Crippen molar-refractivity contribution in [1.82, 2.24) is 14.7 Å². The molecule has 0 spiro atoms. The maximum Gasteiger partial charge on any atom is 0.256 e. The smallest absolute Gasteiger partial charge is 0.256 e. The average Bonchev–Trinajstić information content (AvgIpc) is 3.14. The van der Waals surface area contributed by atoms with E-state index in [1.54, 1.807) is 4.90 Å². The summed E-state index contributed by atoms with van der Waals surface area (Å²) in [4.78, 5) is 27.9. The Labute approximate surface area is 174 Å². The largest absolute Gasteiger partial charge is 0.385 e. The van der Waals surface area contributed by atoms with Gasteiger partial charge in [0.05, 0.1) is 18.2 Å². The topological polar surface area (TPSA) is 93.2 Å². The van der Waals surface area contributed by atoms with Gasteiger partial charge in [0.15, 0.2) is 0 Å². The number of nitrogens with one attached hydrogen (secondary N) is 1. The van der Waals surface area contributed by atoms with Crippen LogP contribution in [0.2, 0.25) is 0 Å². The number of aromatic nitrogens is 2. The van der Waals surface area contributed by atoms with Crippen molar-refractivity contribution in [3.63, 3.8) is 0 Å². The lowest BCUT2D eigenvalue weighted by molar-refractivity contribution is 0.0732. The van der Waals surface area contributed by atoms with Crippen molar-refractivity contribution in [2.75, 3.05) is 24.1 Å². The van der Waals surface area contributed by atoms with Crippen molar-refractivity contribution < 1.29 is 9.59 Å². The Bertz CT molecular complexity index is 1120. The Balaban J connectivity index is 1.42. The van der Waals surface area contributed by atoms with E-state index in [0.717, 1.165) is 23.4 Å². The summed E-state index contributed by atoms with van der Waals surface area (Å²) >= 11 is 0. The van der Waals surface area contributed by atoms with E-state index in [2.05, 4.69) is 10.4 Å². The minimum Gasteiger partial charge on any atom is -0.385 e. The lowest BCUT2D eigenvalue weighted by atomic mass is 9.90. The van der Waals surface area contributed by atoms with Gasteiger partial charge in [-0.05, 0) is 36.6 Å². The Morgan fingerprint density at radius 3 is 2.67 bits per heavy atom. The fraction of sp³-hybridized carbons (Fsp3) is 0.261. The van der Waals surface area contributed by atoms with Crippen LogP contribution in [0.5, 0.6) is 0 Å². The van der Waals surface area contributed by atoms with E-state index in [4.69, 9.17) is 5.73 Å². The first-order chi connectivity index (χ1) is 14.6. The summed E-state index contributed by atoms with van der Waals surface area (Å²) in [5.74, 6) is -0.0317. The number of benzene rings is 2. The molecule has 3 N–H and O–H groups in total. The molecule has 0 aliphatic carbocycles. The fourth-order valence-electron chi connectivity index (χ4n) is 4.39. The van der Waals surface area contributed by atoms with E-state index in [1.165, 1.54) is 4.68 Å². The molecule has 1 atom stereocenters. The summed E-state index contributed by atoms with van der Waals surface area (Å²) in [6.45, 7) is 1.64. The highest BCUT2D eigenvalue weighted by Gasteiger charge is 2.32. The Hall–Kier alpha value is -3.61. The van der Waals surface area contributed by atoms with Gasteiger partial charge in [-0.25, -0.2) is 0 Å². The molecule has 1 aromatic heterocycles. The van der Waals surface area contributed by atoms with Crippen LogP contribution < -0.4 is 11.1 Å². The van der Waals surface area contributed by atoms with Gasteiger partial charge in [0.2, 0.25) is 0 Å². The number of carbonyl (C=O) groups is 2. The van der Waals surface area contributed by atoms with Crippen LogP contribution in [0.3, 0.4) is 0 Å². The molecular weight excluding hydrogens is 378 g/mol. The lowest BCUT2D eigenvalue weighted by Crippen LogP contribution is -2.36. The van der Waals surface area contributed by atoms with Crippen LogP contribution in [0.25, 0.3) is 0 Å². The number of hydrogen-bond acceptors (Lipinski definition) is 5. The van der Waals surface area contributed by atoms with Gasteiger partial charge in [-0.15, -0.1) is 0 Å². The number of rotatable bonds is 2. The molecule has 0 radical (unpaired) electrons. The van der Waals surface area contributed by atoms with Crippen LogP contribution in [-0.2, 0) is 13.0 Å². The number of anilines is 2. The highest BCUT2D eigenvalue weighted by molar-refractivity contribution is 5.94. The van der Waals surface area contributed by atoms with Crippen LogP contribution in [0.4, 0.5) is 11.5 Å². The van der Waals surface area contributed by atoms with Gasteiger partial charge in [-0.3, -0.25) is 9.59 Å². The zero-order valence-electron chi connectivity index (χ0n) is 16.5. The first-order valence-corrected chi connectivity index (χ1v) is 10.2. The molecule has 2 aliphatic heterocycles. The van der Waals surface area contributed by atoms with Crippen molar-refractivity contribution in [2.45, 2.75) is 25.3 Å². The van der Waals surface area contributed by atoms with E-state index in [1.807, 2.05) is 54.6 Å². The number of carbonyl (C=O) groups excluding carboxylic acids is 2. The quantitative estimate of drug-likeness (QED) is 0.689. The standard InChI is InChI=1S/C23H23N5O2/c24-21-18-11-13-27(22(29)15-6-2-1-3-7-15)14-20(18)26-28(21)23(30)17-10-12-25-19-9-5-4-8-16(17)19/h1-9,17,25H,10-14,24H2. The summed E-state index contributed by atoms with van der Waals surface area (Å²) in [7, 11) is 0. The van der Waals surface area contributed by atoms with Crippen molar-refractivity contribution in [1.29, 1.82) is 0 Å². The molecule has 2 aromatic carbocycles. The van der Waals surface area contributed by atoms with Crippen LogP contribution in [0.1, 0.15) is 44.3 Å².